The second kappa shape index (κ2) is 4.21. The zero-order chi connectivity index (χ0) is 11.8. The Balaban J connectivity index is 2.02. The predicted octanol–water partition coefficient (Wildman–Crippen LogP) is 2.81. The summed E-state index contributed by atoms with van der Waals surface area (Å²) >= 11 is 0. The molecule has 0 atom stereocenters. The van der Waals surface area contributed by atoms with Gasteiger partial charge in [0.05, 0.1) is 5.69 Å². The van der Waals surface area contributed by atoms with Crippen LogP contribution in [0.25, 0.3) is 0 Å². The van der Waals surface area contributed by atoms with Gasteiger partial charge >= 0.3 is 0 Å². The van der Waals surface area contributed by atoms with Gasteiger partial charge in [-0.3, -0.25) is 4.79 Å². The maximum atomic E-state index is 12.2. The van der Waals surface area contributed by atoms with Gasteiger partial charge in [-0.2, -0.15) is 0 Å². The maximum absolute atomic E-state index is 12.2. The highest BCUT2D eigenvalue weighted by Crippen LogP contribution is 2.39. The molecule has 1 aromatic heterocycles. The van der Waals surface area contributed by atoms with Crippen molar-refractivity contribution in [1.82, 2.24) is 4.57 Å². The molecule has 0 radical (unpaired) electrons. The Kier molecular flexibility index (Phi) is 2.69. The molecule has 0 saturated heterocycles. The van der Waals surface area contributed by atoms with Crippen molar-refractivity contribution in [2.75, 3.05) is 5.73 Å². The normalized spacial score (nSPS) is 21.6. The number of hydrogen-bond acceptors (Lipinski definition) is 2. The van der Waals surface area contributed by atoms with Crippen molar-refractivity contribution in [3.63, 3.8) is 0 Å². The van der Waals surface area contributed by atoms with Crippen molar-refractivity contribution in [3.05, 3.63) is 28.2 Å². The van der Waals surface area contributed by atoms with Crippen molar-refractivity contribution in [1.29, 1.82) is 0 Å². The van der Waals surface area contributed by atoms with Gasteiger partial charge in [0.25, 0.3) is 5.56 Å². The molecule has 17 heavy (non-hydrogen) atoms. The Hall–Kier alpha value is -1.25. The third-order valence-electron chi connectivity index (χ3n) is 4.11. The van der Waals surface area contributed by atoms with Gasteiger partial charge in [0.2, 0.25) is 0 Å². The third kappa shape index (κ3) is 1.99. The van der Waals surface area contributed by atoms with E-state index in [2.05, 4.69) is 6.07 Å². The minimum Gasteiger partial charge on any atom is -0.394 e. The molecule has 0 unspecified atom stereocenters. The predicted molar refractivity (Wildman–Crippen MR) is 69.2 cm³/mol. The summed E-state index contributed by atoms with van der Waals surface area (Å²) in [6.07, 6.45) is 8.69. The van der Waals surface area contributed by atoms with Crippen LogP contribution >= 0.6 is 0 Å². The molecule has 1 heterocycles. The number of anilines is 1. The highest BCUT2D eigenvalue weighted by molar-refractivity contribution is 5.37. The lowest BCUT2D eigenvalue weighted by molar-refractivity contribution is 0.419. The first-order valence-electron chi connectivity index (χ1n) is 6.78. The molecule has 0 spiro atoms. The maximum Gasteiger partial charge on any atom is 0.274 e. The number of rotatable bonds is 2. The lowest BCUT2D eigenvalue weighted by Gasteiger charge is -2.25. The van der Waals surface area contributed by atoms with Gasteiger partial charge in [-0.15, -0.1) is 0 Å². The van der Waals surface area contributed by atoms with Crippen LogP contribution in [0.1, 0.15) is 62.6 Å². The molecular weight excluding hydrogens is 212 g/mol. The van der Waals surface area contributed by atoms with Crippen LogP contribution in [0.3, 0.4) is 0 Å². The number of nitrogens with two attached hydrogens (primary N) is 1. The topological polar surface area (TPSA) is 48.0 Å². The van der Waals surface area contributed by atoms with Crippen LogP contribution in [0.15, 0.2) is 16.9 Å². The minimum absolute atomic E-state index is 0.0376. The number of nitrogen functional groups attached to an aromatic ring is 1. The summed E-state index contributed by atoms with van der Waals surface area (Å²) in [4.78, 5) is 12.2. The lowest BCUT2D eigenvalue weighted by atomic mass is 9.86. The molecule has 3 rings (SSSR count). The zero-order valence-corrected chi connectivity index (χ0v) is 10.2. The van der Waals surface area contributed by atoms with E-state index in [9.17, 15) is 4.79 Å². The molecule has 2 aliphatic rings. The molecule has 2 N–H and O–H groups in total. The van der Waals surface area contributed by atoms with Crippen LogP contribution in [-0.2, 0) is 0 Å². The molecule has 3 nitrogen and oxygen atoms in total. The average Bonchev–Trinajstić information content (AvgIpc) is 3.18. The Labute approximate surface area is 102 Å². The highest BCUT2D eigenvalue weighted by atomic mass is 16.1. The monoisotopic (exact) mass is 232 g/mol. The Morgan fingerprint density at radius 2 is 1.76 bits per heavy atom. The summed E-state index contributed by atoms with van der Waals surface area (Å²) in [5.41, 5.74) is 7.43. The summed E-state index contributed by atoms with van der Waals surface area (Å²) in [6.45, 7) is 0. The molecule has 1 aromatic rings. The SMILES string of the molecule is Nc1ccc(C2CCCCC2)n(C2CC2)c1=O. The minimum atomic E-state index is 0.0376. The fourth-order valence-corrected chi connectivity index (χ4v) is 3.02. The van der Waals surface area contributed by atoms with Crippen molar-refractivity contribution < 1.29 is 0 Å². The van der Waals surface area contributed by atoms with Crippen LogP contribution in [0.2, 0.25) is 0 Å². The van der Waals surface area contributed by atoms with Crippen LogP contribution in [0, 0.1) is 0 Å². The first-order valence-corrected chi connectivity index (χ1v) is 6.78. The second-order valence-corrected chi connectivity index (χ2v) is 5.45. The summed E-state index contributed by atoms with van der Waals surface area (Å²) in [7, 11) is 0. The van der Waals surface area contributed by atoms with Gasteiger partial charge in [-0.25, -0.2) is 0 Å². The van der Waals surface area contributed by atoms with Crippen LogP contribution in [-0.4, -0.2) is 4.57 Å². The molecule has 0 aliphatic heterocycles. The van der Waals surface area contributed by atoms with E-state index in [1.807, 2.05) is 4.57 Å². The van der Waals surface area contributed by atoms with Crippen molar-refractivity contribution >= 4 is 5.69 Å². The Morgan fingerprint density at radius 3 is 2.41 bits per heavy atom. The first-order chi connectivity index (χ1) is 8.27. The van der Waals surface area contributed by atoms with E-state index >= 15 is 0 Å². The quantitative estimate of drug-likeness (QED) is 0.852. The van der Waals surface area contributed by atoms with Gasteiger partial charge in [-0.05, 0) is 43.7 Å². The van der Waals surface area contributed by atoms with E-state index in [0.717, 1.165) is 12.8 Å². The van der Waals surface area contributed by atoms with Crippen molar-refractivity contribution in [2.45, 2.75) is 56.9 Å². The van der Waals surface area contributed by atoms with Gasteiger partial charge in [0.1, 0.15) is 0 Å². The number of hydrogen-bond donors (Lipinski definition) is 1. The number of pyridine rings is 1. The second-order valence-electron chi connectivity index (χ2n) is 5.45. The van der Waals surface area contributed by atoms with E-state index < -0.39 is 0 Å². The fourth-order valence-electron chi connectivity index (χ4n) is 3.02. The molecule has 0 bridgehead atoms. The summed E-state index contributed by atoms with van der Waals surface area (Å²) in [5.74, 6) is 0.581. The Bertz CT molecular complexity index is 468. The molecular formula is C14H20N2O. The van der Waals surface area contributed by atoms with Gasteiger partial charge < -0.3 is 10.3 Å². The largest absolute Gasteiger partial charge is 0.394 e. The van der Waals surface area contributed by atoms with Gasteiger partial charge in [-0.1, -0.05) is 19.3 Å². The van der Waals surface area contributed by atoms with Crippen molar-refractivity contribution in [3.8, 4) is 0 Å². The van der Waals surface area contributed by atoms with Crippen molar-refractivity contribution in [2.24, 2.45) is 0 Å². The van der Waals surface area contributed by atoms with E-state index in [1.54, 1.807) is 6.07 Å². The number of aromatic nitrogens is 1. The highest BCUT2D eigenvalue weighted by Gasteiger charge is 2.29. The summed E-state index contributed by atoms with van der Waals surface area (Å²) in [5, 5.41) is 0. The van der Waals surface area contributed by atoms with Gasteiger partial charge in [0, 0.05) is 11.7 Å². The fraction of sp³-hybridized carbons (Fsp3) is 0.643. The Morgan fingerprint density at radius 1 is 1.06 bits per heavy atom. The molecule has 2 aliphatic carbocycles. The van der Waals surface area contributed by atoms with E-state index in [4.69, 9.17) is 5.73 Å². The third-order valence-corrected chi connectivity index (χ3v) is 4.11. The molecule has 2 saturated carbocycles. The van der Waals surface area contributed by atoms with E-state index in [-0.39, 0.29) is 5.56 Å². The molecule has 0 aromatic carbocycles. The summed E-state index contributed by atoms with van der Waals surface area (Å²) in [6, 6.07) is 4.32. The number of nitrogens with zero attached hydrogens (tertiary/aromatic N) is 1. The van der Waals surface area contributed by atoms with E-state index in [1.165, 1.54) is 37.8 Å². The smallest absolute Gasteiger partial charge is 0.274 e. The zero-order valence-electron chi connectivity index (χ0n) is 10.2. The summed E-state index contributed by atoms with van der Waals surface area (Å²) < 4.78 is 1.99. The lowest BCUT2D eigenvalue weighted by Crippen LogP contribution is -2.27. The standard InChI is InChI=1S/C14H20N2O/c15-12-8-9-13(10-4-2-1-3-5-10)16(14(12)17)11-6-7-11/h8-11H,1-7,15H2. The van der Waals surface area contributed by atoms with Crippen LogP contribution in [0.4, 0.5) is 5.69 Å². The van der Waals surface area contributed by atoms with E-state index in [0.29, 0.717) is 17.6 Å². The first kappa shape index (κ1) is 10.9. The van der Waals surface area contributed by atoms with Crippen LogP contribution < -0.4 is 11.3 Å². The van der Waals surface area contributed by atoms with Gasteiger partial charge in [0.15, 0.2) is 0 Å². The molecule has 0 amide bonds. The average molecular weight is 232 g/mol. The molecule has 92 valence electrons. The molecule has 3 heteroatoms. The molecule has 2 fully saturated rings. The van der Waals surface area contributed by atoms with Crippen LogP contribution in [0.5, 0.6) is 0 Å².